The number of β-amino-alcohol motifs (C(OH)–C–C–N with tert-alkyl or cyclic N) is 1. The van der Waals surface area contributed by atoms with Crippen molar-refractivity contribution in [3.05, 3.63) is 65.7 Å². The second kappa shape index (κ2) is 8.86. The standard InChI is InChI=1S/C23H29N3O2/c27-21-9-10-26(16-21)15-18-7-4-8-20(12-18)25-23(28)22-13-19(14-24-22)11-17-5-2-1-3-6-17/h1-8,12,19,21-22,24,27H,9-11,13-16H2,(H,25,28)/t19-,21?,22-/m0/s1. The normalized spacial score (nSPS) is 25.1. The number of nitrogens with one attached hydrogen (secondary N) is 2. The van der Waals surface area contributed by atoms with Crippen molar-refractivity contribution in [3.8, 4) is 0 Å². The molecule has 0 saturated carbocycles. The van der Waals surface area contributed by atoms with Gasteiger partial charge < -0.3 is 15.7 Å². The minimum Gasteiger partial charge on any atom is -0.392 e. The smallest absolute Gasteiger partial charge is 0.241 e. The molecule has 0 aliphatic carbocycles. The van der Waals surface area contributed by atoms with Crippen LogP contribution < -0.4 is 10.6 Å². The van der Waals surface area contributed by atoms with Crippen LogP contribution in [0.25, 0.3) is 0 Å². The molecular weight excluding hydrogens is 350 g/mol. The summed E-state index contributed by atoms with van der Waals surface area (Å²) in [4.78, 5) is 14.9. The van der Waals surface area contributed by atoms with E-state index in [0.717, 1.165) is 56.7 Å². The van der Waals surface area contributed by atoms with Crippen LogP contribution in [0.2, 0.25) is 0 Å². The second-order valence-electron chi connectivity index (χ2n) is 8.12. The Bertz CT molecular complexity index is 795. The Morgan fingerprint density at radius 3 is 2.75 bits per heavy atom. The predicted molar refractivity (Wildman–Crippen MR) is 111 cm³/mol. The molecule has 148 valence electrons. The van der Waals surface area contributed by atoms with Gasteiger partial charge in [0, 0.05) is 25.3 Å². The summed E-state index contributed by atoms with van der Waals surface area (Å²) in [6.07, 6.45) is 2.51. The van der Waals surface area contributed by atoms with Crippen molar-refractivity contribution in [2.24, 2.45) is 5.92 Å². The Balaban J connectivity index is 1.29. The highest BCUT2D eigenvalue weighted by molar-refractivity contribution is 5.95. The lowest BCUT2D eigenvalue weighted by atomic mass is 9.96. The first-order valence-corrected chi connectivity index (χ1v) is 10.2. The number of aliphatic hydroxyl groups is 1. The first-order chi connectivity index (χ1) is 13.7. The average Bonchev–Trinajstić information content (AvgIpc) is 3.32. The molecule has 2 aliphatic rings. The summed E-state index contributed by atoms with van der Waals surface area (Å²) in [5, 5.41) is 16.1. The molecule has 4 rings (SSSR count). The third kappa shape index (κ3) is 4.98. The van der Waals surface area contributed by atoms with E-state index < -0.39 is 0 Å². The van der Waals surface area contributed by atoms with Crippen molar-refractivity contribution in [2.45, 2.75) is 38.0 Å². The zero-order chi connectivity index (χ0) is 19.3. The predicted octanol–water partition coefficient (Wildman–Crippen LogP) is 2.41. The Kier molecular flexibility index (Phi) is 6.05. The molecule has 3 atom stereocenters. The molecule has 3 N–H and O–H groups in total. The van der Waals surface area contributed by atoms with Gasteiger partial charge in [-0.2, -0.15) is 0 Å². The van der Waals surface area contributed by atoms with E-state index in [-0.39, 0.29) is 18.1 Å². The molecule has 5 nitrogen and oxygen atoms in total. The summed E-state index contributed by atoms with van der Waals surface area (Å²) in [5.74, 6) is 0.537. The van der Waals surface area contributed by atoms with E-state index in [9.17, 15) is 9.90 Å². The molecule has 2 fully saturated rings. The maximum atomic E-state index is 12.7. The maximum absolute atomic E-state index is 12.7. The zero-order valence-electron chi connectivity index (χ0n) is 16.2. The van der Waals surface area contributed by atoms with Crippen LogP contribution in [0.15, 0.2) is 54.6 Å². The quantitative estimate of drug-likeness (QED) is 0.721. The Labute approximate surface area is 166 Å². The lowest BCUT2D eigenvalue weighted by Crippen LogP contribution is -2.35. The van der Waals surface area contributed by atoms with Gasteiger partial charge in [-0.05, 0) is 55.0 Å². The van der Waals surface area contributed by atoms with Crippen LogP contribution in [0, 0.1) is 5.92 Å². The highest BCUT2D eigenvalue weighted by atomic mass is 16.3. The topological polar surface area (TPSA) is 64.6 Å². The summed E-state index contributed by atoms with van der Waals surface area (Å²) < 4.78 is 0. The minimum atomic E-state index is -0.208. The molecule has 28 heavy (non-hydrogen) atoms. The number of amides is 1. The average molecular weight is 380 g/mol. The number of nitrogens with zero attached hydrogens (tertiary/aromatic N) is 1. The van der Waals surface area contributed by atoms with Crippen molar-refractivity contribution >= 4 is 11.6 Å². The summed E-state index contributed by atoms with van der Waals surface area (Å²) in [7, 11) is 0. The molecule has 1 unspecified atom stereocenters. The lowest BCUT2D eigenvalue weighted by molar-refractivity contribution is -0.117. The van der Waals surface area contributed by atoms with E-state index in [2.05, 4.69) is 45.9 Å². The molecule has 0 aromatic heterocycles. The maximum Gasteiger partial charge on any atom is 0.241 e. The zero-order valence-corrected chi connectivity index (χ0v) is 16.2. The van der Waals surface area contributed by atoms with Gasteiger partial charge in [0.05, 0.1) is 12.1 Å². The Morgan fingerprint density at radius 2 is 1.96 bits per heavy atom. The van der Waals surface area contributed by atoms with Crippen LogP contribution in [-0.4, -0.2) is 47.7 Å². The van der Waals surface area contributed by atoms with E-state index in [0.29, 0.717) is 5.92 Å². The van der Waals surface area contributed by atoms with Gasteiger partial charge in [0.15, 0.2) is 0 Å². The molecule has 2 aromatic carbocycles. The van der Waals surface area contributed by atoms with E-state index >= 15 is 0 Å². The van der Waals surface area contributed by atoms with Gasteiger partial charge in [0.2, 0.25) is 5.91 Å². The largest absolute Gasteiger partial charge is 0.392 e. The fourth-order valence-corrected chi connectivity index (χ4v) is 4.30. The van der Waals surface area contributed by atoms with Crippen LogP contribution in [0.3, 0.4) is 0 Å². The van der Waals surface area contributed by atoms with Crippen LogP contribution in [0.5, 0.6) is 0 Å². The van der Waals surface area contributed by atoms with Gasteiger partial charge in [-0.3, -0.25) is 9.69 Å². The summed E-state index contributed by atoms with van der Waals surface area (Å²) in [6, 6.07) is 18.4. The number of benzene rings is 2. The van der Waals surface area contributed by atoms with Crippen molar-refractivity contribution in [2.75, 3.05) is 25.0 Å². The summed E-state index contributed by atoms with van der Waals surface area (Å²) in [5.41, 5.74) is 3.33. The SMILES string of the molecule is O=C(Nc1cccc(CN2CCC(O)C2)c1)[C@@H]1C[C@H](Cc2ccccc2)CN1. The lowest BCUT2D eigenvalue weighted by Gasteiger charge is -2.16. The molecule has 2 aliphatic heterocycles. The highest BCUT2D eigenvalue weighted by Gasteiger charge is 2.29. The number of aliphatic hydroxyl groups excluding tert-OH is 1. The third-order valence-electron chi connectivity index (χ3n) is 5.75. The van der Waals surface area contributed by atoms with Gasteiger partial charge in [0.1, 0.15) is 0 Å². The van der Waals surface area contributed by atoms with Gasteiger partial charge >= 0.3 is 0 Å². The molecule has 2 saturated heterocycles. The van der Waals surface area contributed by atoms with Crippen molar-refractivity contribution in [1.29, 1.82) is 0 Å². The first kappa shape index (κ1) is 19.1. The molecule has 0 radical (unpaired) electrons. The molecule has 2 heterocycles. The van der Waals surface area contributed by atoms with Crippen LogP contribution in [0.1, 0.15) is 24.0 Å². The molecule has 0 spiro atoms. The molecule has 1 amide bonds. The molecule has 5 heteroatoms. The van der Waals surface area contributed by atoms with Gasteiger partial charge in [-0.25, -0.2) is 0 Å². The van der Waals surface area contributed by atoms with Crippen molar-refractivity contribution in [1.82, 2.24) is 10.2 Å². The fourth-order valence-electron chi connectivity index (χ4n) is 4.30. The Hall–Kier alpha value is -2.21. The first-order valence-electron chi connectivity index (χ1n) is 10.2. The number of hydrogen-bond acceptors (Lipinski definition) is 4. The van der Waals surface area contributed by atoms with Gasteiger partial charge in [-0.15, -0.1) is 0 Å². The van der Waals surface area contributed by atoms with E-state index in [1.54, 1.807) is 0 Å². The van der Waals surface area contributed by atoms with Crippen molar-refractivity contribution in [3.63, 3.8) is 0 Å². The number of carbonyl (C=O) groups excluding carboxylic acids is 1. The van der Waals surface area contributed by atoms with Crippen LogP contribution in [-0.2, 0) is 17.8 Å². The second-order valence-corrected chi connectivity index (χ2v) is 8.12. The van der Waals surface area contributed by atoms with Gasteiger partial charge in [0.25, 0.3) is 0 Å². The minimum absolute atomic E-state index is 0.0457. The summed E-state index contributed by atoms with van der Waals surface area (Å²) in [6.45, 7) is 3.34. The van der Waals surface area contributed by atoms with E-state index in [4.69, 9.17) is 0 Å². The number of likely N-dealkylation sites (tertiary alicyclic amines) is 1. The number of hydrogen-bond donors (Lipinski definition) is 3. The monoisotopic (exact) mass is 379 g/mol. The summed E-state index contributed by atoms with van der Waals surface area (Å²) >= 11 is 0. The van der Waals surface area contributed by atoms with Crippen LogP contribution in [0.4, 0.5) is 5.69 Å². The number of carbonyl (C=O) groups is 1. The fraction of sp³-hybridized carbons (Fsp3) is 0.435. The molecule has 0 bridgehead atoms. The van der Waals surface area contributed by atoms with Gasteiger partial charge in [-0.1, -0.05) is 42.5 Å². The number of anilines is 1. The third-order valence-corrected chi connectivity index (χ3v) is 5.75. The number of rotatable bonds is 6. The van der Waals surface area contributed by atoms with Crippen LogP contribution >= 0.6 is 0 Å². The Morgan fingerprint density at radius 1 is 1.14 bits per heavy atom. The van der Waals surface area contributed by atoms with E-state index in [1.165, 1.54) is 5.56 Å². The highest BCUT2D eigenvalue weighted by Crippen LogP contribution is 2.21. The van der Waals surface area contributed by atoms with E-state index in [1.807, 2.05) is 24.3 Å². The molecular formula is C23H29N3O2. The van der Waals surface area contributed by atoms with Crippen molar-refractivity contribution < 1.29 is 9.90 Å². The molecule has 2 aromatic rings.